The number of nitrogens with zero attached hydrogens (tertiary/aromatic N) is 2. The molecule has 0 aromatic heterocycles. The van der Waals surface area contributed by atoms with Crippen LogP contribution in [0, 0.1) is 28.5 Å². The first-order chi connectivity index (χ1) is 11.5. The summed E-state index contributed by atoms with van der Waals surface area (Å²) >= 11 is 13.1. The normalized spacial score (nSPS) is 10.6. The van der Waals surface area contributed by atoms with E-state index in [9.17, 15) is 4.39 Å². The highest BCUT2D eigenvalue weighted by Gasteiger charge is 2.07. The van der Waals surface area contributed by atoms with E-state index in [1.54, 1.807) is 36.4 Å². The molecule has 0 spiro atoms. The summed E-state index contributed by atoms with van der Waals surface area (Å²) in [6.45, 7) is 0. The first-order valence-electron chi connectivity index (χ1n) is 6.64. The molecular weight excluding hydrogens is 366 g/mol. The molecule has 24 heavy (non-hydrogen) atoms. The first-order valence-corrected chi connectivity index (χ1v) is 8.21. The number of thioether (sulfide) groups is 1. The van der Waals surface area contributed by atoms with Gasteiger partial charge < -0.3 is 0 Å². The molecule has 0 aliphatic rings. The molecule has 0 aliphatic heterocycles. The fourth-order valence-electron chi connectivity index (χ4n) is 1.73. The van der Waals surface area contributed by atoms with Gasteiger partial charge in [-0.15, -0.1) is 0 Å². The second kappa shape index (κ2) is 8.57. The summed E-state index contributed by atoms with van der Waals surface area (Å²) in [6.07, 6.45) is 3.09. The third kappa shape index (κ3) is 4.88. The maximum absolute atomic E-state index is 13.3. The lowest BCUT2D eigenvalue weighted by Gasteiger charge is -2.08. The minimum Gasteiger partial charge on any atom is -0.205 e. The Bertz CT molecular complexity index is 875. The maximum atomic E-state index is 13.3. The van der Waals surface area contributed by atoms with Crippen molar-refractivity contribution in [2.75, 3.05) is 0 Å². The van der Waals surface area contributed by atoms with Crippen LogP contribution in [0.5, 0.6) is 0 Å². The number of rotatable bonds is 4. The molecule has 2 aromatic carbocycles. The van der Waals surface area contributed by atoms with Gasteiger partial charge in [0.1, 0.15) is 23.5 Å². The molecule has 2 aromatic rings. The Balaban J connectivity index is 2.42. The Labute approximate surface area is 153 Å². The Morgan fingerprint density at radius 1 is 1.00 bits per heavy atom. The van der Waals surface area contributed by atoms with E-state index in [0.717, 1.165) is 15.4 Å². The van der Waals surface area contributed by atoms with Crippen LogP contribution in [-0.2, 0) is 0 Å². The summed E-state index contributed by atoms with van der Waals surface area (Å²) in [5.41, 5.74) is 0.829. The van der Waals surface area contributed by atoms with E-state index in [-0.39, 0.29) is 10.6 Å². The minimum absolute atomic E-state index is 0.0146. The molecule has 0 aliphatic carbocycles. The summed E-state index contributed by atoms with van der Waals surface area (Å²) in [5, 5.41) is 18.3. The predicted octanol–water partition coefficient (Wildman–Crippen LogP) is 6.24. The Kier molecular flexibility index (Phi) is 6.46. The van der Waals surface area contributed by atoms with Crippen molar-refractivity contribution in [2.24, 2.45) is 0 Å². The zero-order valence-electron chi connectivity index (χ0n) is 12.1. The van der Waals surface area contributed by atoms with Crippen molar-refractivity contribution in [3.05, 3.63) is 81.6 Å². The summed E-state index contributed by atoms with van der Waals surface area (Å²) in [5.74, 6) is -0.491. The van der Waals surface area contributed by atoms with Crippen LogP contribution in [0.3, 0.4) is 0 Å². The fourth-order valence-corrected chi connectivity index (χ4v) is 3.06. The van der Waals surface area contributed by atoms with Gasteiger partial charge in [-0.25, -0.2) is 4.39 Å². The van der Waals surface area contributed by atoms with Crippen molar-refractivity contribution >= 4 is 39.9 Å². The van der Waals surface area contributed by atoms with Gasteiger partial charge in [0, 0.05) is 14.8 Å². The highest BCUT2D eigenvalue weighted by molar-refractivity contribution is 8.08. The maximum Gasteiger partial charge on any atom is 0.141 e. The van der Waals surface area contributed by atoms with Crippen LogP contribution in [0.1, 0.15) is 5.56 Å². The molecule has 0 saturated heterocycles. The average Bonchev–Trinajstić information content (AvgIpc) is 2.58. The van der Waals surface area contributed by atoms with E-state index in [2.05, 4.69) is 0 Å². The van der Waals surface area contributed by atoms with Gasteiger partial charge in [0.15, 0.2) is 0 Å². The van der Waals surface area contributed by atoms with Crippen LogP contribution in [0.25, 0.3) is 4.91 Å². The quantitative estimate of drug-likeness (QED) is 0.361. The highest BCUT2D eigenvalue weighted by atomic mass is 35.5. The summed E-state index contributed by atoms with van der Waals surface area (Å²) < 4.78 is 13.3. The van der Waals surface area contributed by atoms with Crippen LogP contribution < -0.4 is 0 Å². The molecule has 0 atom stereocenters. The van der Waals surface area contributed by atoms with Crippen LogP contribution in [0.2, 0.25) is 10.0 Å². The zero-order valence-corrected chi connectivity index (χ0v) is 14.5. The van der Waals surface area contributed by atoms with Crippen LogP contribution in [-0.4, -0.2) is 0 Å². The standard InChI is InChI=1S/C18H9Cl2FN2S/c19-14-4-2-13(3-5-14)18(8-1-12(10-22)11-23)24-15-6-7-17(21)16(20)9-15/h1-9H. The minimum atomic E-state index is -0.491. The fraction of sp³-hybridized carbons (Fsp3) is 0. The lowest BCUT2D eigenvalue weighted by Crippen LogP contribution is -1.83. The third-order valence-electron chi connectivity index (χ3n) is 2.89. The molecule has 0 radical (unpaired) electrons. The number of benzene rings is 2. The molecule has 0 saturated carbocycles. The summed E-state index contributed by atoms with van der Waals surface area (Å²) in [4.78, 5) is 1.49. The van der Waals surface area contributed by atoms with Gasteiger partial charge in [0.05, 0.1) is 5.02 Å². The van der Waals surface area contributed by atoms with Crippen molar-refractivity contribution in [2.45, 2.75) is 4.90 Å². The largest absolute Gasteiger partial charge is 0.205 e. The zero-order chi connectivity index (χ0) is 17.5. The molecule has 2 nitrogen and oxygen atoms in total. The molecule has 6 heteroatoms. The third-order valence-corrected chi connectivity index (χ3v) is 4.51. The van der Waals surface area contributed by atoms with Gasteiger partial charge in [0.2, 0.25) is 0 Å². The molecule has 0 unspecified atom stereocenters. The van der Waals surface area contributed by atoms with E-state index >= 15 is 0 Å². The molecule has 0 bridgehead atoms. The Morgan fingerprint density at radius 2 is 1.67 bits per heavy atom. The number of hydrogen-bond donors (Lipinski definition) is 0. The lowest BCUT2D eigenvalue weighted by atomic mass is 10.2. The number of hydrogen-bond acceptors (Lipinski definition) is 3. The second-order valence-corrected chi connectivity index (χ2v) is 6.48. The van der Waals surface area contributed by atoms with E-state index in [4.69, 9.17) is 33.7 Å². The van der Waals surface area contributed by atoms with Crippen molar-refractivity contribution < 1.29 is 4.39 Å². The number of allylic oxidation sites excluding steroid dienone is 3. The SMILES string of the molecule is N#CC(C#N)=CC=C(Sc1ccc(F)c(Cl)c1)c1ccc(Cl)cc1. The van der Waals surface area contributed by atoms with Crippen LogP contribution in [0.15, 0.2) is 65.1 Å². The summed E-state index contributed by atoms with van der Waals surface area (Å²) in [7, 11) is 0. The Hall–Kier alpha value is -2.24. The van der Waals surface area contributed by atoms with Crippen molar-refractivity contribution in [1.82, 2.24) is 0 Å². The van der Waals surface area contributed by atoms with Gasteiger partial charge in [-0.1, -0.05) is 47.1 Å². The van der Waals surface area contributed by atoms with E-state index in [0.29, 0.717) is 5.02 Å². The molecule has 0 N–H and O–H groups in total. The first kappa shape index (κ1) is 18.1. The molecule has 118 valence electrons. The molecular formula is C18H9Cl2FN2S. The molecule has 0 fully saturated rings. The molecule has 0 amide bonds. The van der Waals surface area contributed by atoms with Gasteiger partial charge in [-0.3, -0.25) is 0 Å². The predicted molar refractivity (Wildman–Crippen MR) is 96.0 cm³/mol. The van der Waals surface area contributed by atoms with Gasteiger partial charge in [-0.2, -0.15) is 10.5 Å². The number of halogens is 3. The highest BCUT2D eigenvalue weighted by Crippen LogP contribution is 2.36. The number of nitriles is 2. The smallest absolute Gasteiger partial charge is 0.141 e. The van der Waals surface area contributed by atoms with Gasteiger partial charge >= 0.3 is 0 Å². The van der Waals surface area contributed by atoms with Crippen LogP contribution >= 0.6 is 35.0 Å². The van der Waals surface area contributed by atoms with Crippen molar-refractivity contribution in [1.29, 1.82) is 10.5 Å². The molecule has 2 rings (SSSR count). The Morgan fingerprint density at radius 3 is 2.25 bits per heavy atom. The van der Waals surface area contributed by atoms with Gasteiger partial charge in [0.25, 0.3) is 0 Å². The van der Waals surface area contributed by atoms with Gasteiger partial charge in [-0.05, 0) is 48.0 Å². The second-order valence-electron chi connectivity index (χ2n) is 4.52. The van der Waals surface area contributed by atoms with E-state index in [1.807, 2.05) is 12.1 Å². The van der Waals surface area contributed by atoms with E-state index in [1.165, 1.54) is 30.0 Å². The lowest BCUT2D eigenvalue weighted by molar-refractivity contribution is 0.627. The van der Waals surface area contributed by atoms with E-state index < -0.39 is 5.82 Å². The monoisotopic (exact) mass is 374 g/mol. The van der Waals surface area contributed by atoms with Crippen molar-refractivity contribution in [3.8, 4) is 12.1 Å². The average molecular weight is 375 g/mol. The van der Waals surface area contributed by atoms with Crippen LogP contribution in [0.4, 0.5) is 4.39 Å². The van der Waals surface area contributed by atoms with Crippen molar-refractivity contribution in [3.63, 3.8) is 0 Å². The summed E-state index contributed by atoms with van der Waals surface area (Å²) in [6, 6.07) is 15.1. The molecule has 0 heterocycles. The topological polar surface area (TPSA) is 47.6 Å².